The number of aliphatic imine (C=N–C) groups is 1. The van der Waals surface area contributed by atoms with E-state index < -0.39 is 10.0 Å². The summed E-state index contributed by atoms with van der Waals surface area (Å²) < 4.78 is 24.7. The summed E-state index contributed by atoms with van der Waals surface area (Å²) in [7, 11) is 0.300. The molecule has 0 saturated heterocycles. The van der Waals surface area contributed by atoms with Crippen LogP contribution in [0, 0.1) is 5.92 Å². The molecule has 0 bridgehead atoms. The Bertz CT molecular complexity index is 435. The summed E-state index contributed by atoms with van der Waals surface area (Å²) in [6.45, 7) is 9.53. The molecule has 0 amide bonds. The first-order valence-electron chi connectivity index (χ1n) is 8.64. The average molecular weight is 349 g/mol. The molecule has 0 heterocycles. The number of nitrogens with zero attached hydrogens (tertiary/aromatic N) is 2. The van der Waals surface area contributed by atoms with E-state index in [9.17, 15) is 8.42 Å². The van der Waals surface area contributed by atoms with E-state index in [2.05, 4.69) is 36.4 Å². The van der Waals surface area contributed by atoms with Gasteiger partial charge in [0.1, 0.15) is 0 Å². The number of hydrogen-bond acceptors (Lipinski definition) is 3. The number of guanidine groups is 1. The Kier molecular flexibility index (Phi) is 11.3. The fourth-order valence-electron chi connectivity index (χ4n) is 2.20. The molecule has 0 saturated carbocycles. The molecule has 0 radical (unpaired) electrons. The first kappa shape index (κ1) is 22.2. The lowest BCUT2D eigenvalue weighted by atomic mass is 10.0. The second-order valence-corrected chi connectivity index (χ2v) is 8.81. The Hall–Kier alpha value is -0.820. The summed E-state index contributed by atoms with van der Waals surface area (Å²) in [6, 6.07) is 0.378. The molecule has 1 unspecified atom stereocenters. The Morgan fingerprint density at radius 1 is 1.17 bits per heavy atom. The molecule has 23 heavy (non-hydrogen) atoms. The number of sulfonamides is 1. The van der Waals surface area contributed by atoms with Crippen LogP contribution in [-0.2, 0) is 10.0 Å². The lowest BCUT2D eigenvalue weighted by molar-refractivity contribution is 0.460. The van der Waals surface area contributed by atoms with Crippen molar-refractivity contribution in [2.45, 2.75) is 59.4 Å². The predicted octanol–water partition coefficient (Wildman–Crippen LogP) is 2.04. The standard InChI is InChI=1S/C16H36N4O2S/c1-7-23(21,22)20(6)13-9-12-18-16(17-5)19-15(4)11-8-10-14(2)3/h14-15H,7-13H2,1-6H3,(H2,17,18,19). The highest BCUT2D eigenvalue weighted by Gasteiger charge is 2.14. The molecule has 0 aromatic carbocycles. The van der Waals surface area contributed by atoms with Crippen molar-refractivity contribution >= 4 is 16.0 Å². The van der Waals surface area contributed by atoms with Crippen LogP contribution in [0.4, 0.5) is 0 Å². The molecule has 0 aliphatic carbocycles. The lowest BCUT2D eigenvalue weighted by Gasteiger charge is -2.19. The van der Waals surface area contributed by atoms with E-state index >= 15 is 0 Å². The van der Waals surface area contributed by atoms with E-state index in [4.69, 9.17) is 0 Å². The van der Waals surface area contributed by atoms with Crippen LogP contribution in [0.5, 0.6) is 0 Å². The SMILES string of the molecule is CCS(=O)(=O)N(C)CCCNC(=NC)NC(C)CCCC(C)C. The average Bonchev–Trinajstić information content (AvgIpc) is 2.49. The minimum atomic E-state index is -3.08. The van der Waals surface area contributed by atoms with Gasteiger partial charge in [0.05, 0.1) is 5.75 Å². The van der Waals surface area contributed by atoms with E-state index in [0.717, 1.165) is 24.7 Å². The van der Waals surface area contributed by atoms with E-state index in [0.29, 0.717) is 19.1 Å². The van der Waals surface area contributed by atoms with Crippen LogP contribution in [-0.4, -0.2) is 57.7 Å². The third-order valence-corrected chi connectivity index (χ3v) is 5.67. The van der Waals surface area contributed by atoms with Gasteiger partial charge in [0, 0.05) is 33.2 Å². The van der Waals surface area contributed by atoms with Gasteiger partial charge in [0.15, 0.2) is 5.96 Å². The molecule has 0 aromatic heterocycles. The number of hydrogen-bond donors (Lipinski definition) is 2. The number of nitrogens with one attached hydrogen (secondary N) is 2. The van der Waals surface area contributed by atoms with Crippen molar-refractivity contribution in [3.05, 3.63) is 0 Å². The molecular weight excluding hydrogens is 312 g/mol. The third kappa shape index (κ3) is 10.5. The van der Waals surface area contributed by atoms with Gasteiger partial charge in [-0.2, -0.15) is 0 Å². The van der Waals surface area contributed by atoms with Crippen molar-refractivity contribution in [2.75, 3.05) is 32.9 Å². The van der Waals surface area contributed by atoms with E-state index in [-0.39, 0.29) is 5.75 Å². The molecule has 0 aliphatic rings. The second-order valence-electron chi connectivity index (χ2n) is 6.44. The maximum atomic E-state index is 11.6. The molecule has 0 rings (SSSR count). The first-order valence-corrected chi connectivity index (χ1v) is 10.2. The molecule has 0 spiro atoms. The first-order chi connectivity index (χ1) is 10.7. The normalized spacial score (nSPS) is 14.3. The molecule has 2 N–H and O–H groups in total. The maximum Gasteiger partial charge on any atom is 0.213 e. The molecule has 0 aliphatic heterocycles. The maximum absolute atomic E-state index is 11.6. The van der Waals surface area contributed by atoms with Crippen LogP contribution < -0.4 is 10.6 Å². The van der Waals surface area contributed by atoms with Crippen molar-refractivity contribution < 1.29 is 8.42 Å². The predicted molar refractivity (Wildman–Crippen MR) is 99.4 cm³/mol. The van der Waals surface area contributed by atoms with Crippen molar-refractivity contribution in [2.24, 2.45) is 10.9 Å². The highest BCUT2D eigenvalue weighted by molar-refractivity contribution is 7.89. The minimum absolute atomic E-state index is 0.147. The molecule has 0 fully saturated rings. The quantitative estimate of drug-likeness (QED) is 0.340. The summed E-state index contributed by atoms with van der Waals surface area (Å²) in [5.41, 5.74) is 0. The summed E-state index contributed by atoms with van der Waals surface area (Å²) >= 11 is 0. The zero-order chi connectivity index (χ0) is 17.9. The van der Waals surface area contributed by atoms with Gasteiger partial charge < -0.3 is 10.6 Å². The Morgan fingerprint density at radius 3 is 2.35 bits per heavy atom. The van der Waals surface area contributed by atoms with Crippen LogP contribution in [0.25, 0.3) is 0 Å². The van der Waals surface area contributed by atoms with Crippen molar-refractivity contribution in [3.63, 3.8) is 0 Å². The molecule has 138 valence electrons. The highest BCUT2D eigenvalue weighted by atomic mass is 32.2. The van der Waals surface area contributed by atoms with Gasteiger partial charge in [-0.15, -0.1) is 0 Å². The van der Waals surface area contributed by atoms with Crippen molar-refractivity contribution in [1.82, 2.24) is 14.9 Å². The monoisotopic (exact) mass is 348 g/mol. The number of rotatable bonds is 11. The van der Waals surface area contributed by atoms with Crippen molar-refractivity contribution in [1.29, 1.82) is 0 Å². The highest BCUT2D eigenvalue weighted by Crippen LogP contribution is 2.08. The Labute approximate surface area is 143 Å². The summed E-state index contributed by atoms with van der Waals surface area (Å²) in [5.74, 6) is 1.67. The summed E-state index contributed by atoms with van der Waals surface area (Å²) in [4.78, 5) is 4.22. The van der Waals surface area contributed by atoms with Crippen molar-refractivity contribution in [3.8, 4) is 0 Å². The van der Waals surface area contributed by atoms with E-state index in [1.54, 1.807) is 21.0 Å². The van der Waals surface area contributed by atoms with Gasteiger partial charge in [-0.3, -0.25) is 4.99 Å². The zero-order valence-corrected chi connectivity index (χ0v) is 16.5. The van der Waals surface area contributed by atoms with Crippen LogP contribution in [0.3, 0.4) is 0 Å². The van der Waals surface area contributed by atoms with Crippen LogP contribution in [0.15, 0.2) is 4.99 Å². The van der Waals surface area contributed by atoms with Gasteiger partial charge >= 0.3 is 0 Å². The van der Waals surface area contributed by atoms with Gasteiger partial charge in [0.25, 0.3) is 0 Å². The minimum Gasteiger partial charge on any atom is -0.356 e. The molecule has 0 aromatic rings. The van der Waals surface area contributed by atoms with E-state index in [1.807, 2.05) is 0 Å². The summed E-state index contributed by atoms with van der Waals surface area (Å²) in [6.07, 6.45) is 4.33. The topological polar surface area (TPSA) is 73.8 Å². The Morgan fingerprint density at radius 2 is 1.83 bits per heavy atom. The lowest BCUT2D eigenvalue weighted by Crippen LogP contribution is -2.43. The van der Waals surface area contributed by atoms with Gasteiger partial charge in [-0.1, -0.05) is 26.7 Å². The zero-order valence-electron chi connectivity index (χ0n) is 15.7. The van der Waals surface area contributed by atoms with Crippen LogP contribution >= 0.6 is 0 Å². The second kappa shape index (κ2) is 11.7. The van der Waals surface area contributed by atoms with Crippen LogP contribution in [0.2, 0.25) is 0 Å². The smallest absolute Gasteiger partial charge is 0.213 e. The molecule has 6 nitrogen and oxygen atoms in total. The van der Waals surface area contributed by atoms with Gasteiger partial charge in [-0.05, 0) is 32.6 Å². The molecule has 7 heteroatoms. The fraction of sp³-hybridized carbons (Fsp3) is 0.938. The van der Waals surface area contributed by atoms with Gasteiger partial charge in [0.2, 0.25) is 10.0 Å². The fourth-order valence-corrected chi connectivity index (χ4v) is 3.05. The summed E-state index contributed by atoms with van der Waals surface area (Å²) in [5, 5.41) is 6.62. The Balaban J connectivity index is 3.99. The van der Waals surface area contributed by atoms with Gasteiger partial charge in [-0.25, -0.2) is 12.7 Å². The molecular formula is C16H36N4O2S. The largest absolute Gasteiger partial charge is 0.356 e. The van der Waals surface area contributed by atoms with E-state index in [1.165, 1.54) is 17.1 Å². The third-order valence-electron chi connectivity index (χ3n) is 3.81. The molecule has 1 atom stereocenters. The van der Waals surface area contributed by atoms with Crippen LogP contribution in [0.1, 0.15) is 53.4 Å².